The first kappa shape index (κ1) is 15.0. The van der Waals surface area contributed by atoms with Crippen LogP contribution in [0.1, 0.15) is 17.2 Å². The first-order chi connectivity index (χ1) is 11.3. The number of amides is 1. The van der Waals surface area contributed by atoms with Crippen LogP contribution in [0.15, 0.2) is 79.1 Å². The highest BCUT2D eigenvalue weighted by atomic mass is 16.2. The second kappa shape index (κ2) is 7.40. The highest BCUT2D eigenvalue weighted by Crippen LogP contribution is 2.18. The van der Waals surface area contributed by atoms with Gasteiger partial charge in [0.2, 0.25) is 5.91 Å². The van der Waals surface area contributed by atoms with Crippen molar-refractivity contribution in [3.63, 3.8) is 0 Å². The quantitative estimate of drug-likeness (QED) is 0.761. The van der Waals surface area contributed by atoms with E-state index < -0.39 is 0 Å². The van der Waals surface area contributed by atoms with E-state index in [0.717, 1.165) is 12.0 Å². The Hall–Kier alpha value is -2.88. The van der Waals surface area contributed by atoms with E-state index in [4.69, 9.17) is 0 Å². The van der Waals surface area contributed by atoms with E-state index in [1.54, 1.807) is 17.1 Å². The van der Waals surface area contributed by atoms with Crippen LogP contribution in [-0.4, -0.2) is 15.7 Å². The molecule has 0 fully saturated rings. The normalized spacial score (nSPS) is 11.8. The molecule has 0 saturated heterocycles. The monoisotopic (exact) mass is 305 g/mol. The average molecular weight is 305 g/mol. The molecule has 0 bridgehead atoms. The summed E-state index contributed by atoms with van der Waals surface area (Å²) in [6.07, 6.45) is 4.22. The minimum Gasteiger partial charge on any atom is -0.347 e. The van der Waals surface area contributed by atoms with Crippen molar-refractivity contribution < 1.29 is 4.79 Å². The fourth-order valence-corrected chi connectivity index (χ4v) is 2.57. The van der Waals surface area contributed by atoms with Crippen LogP contribution in [-0.2, 0) is 17.8 Å². The van der Waals surface area contributed by atoms with Crippen molar-refractivity contribution in [1.29, 1.82) is 0 Å². The molecular formula is C19H19N3O. The first-order valence-electron chi connectivity index (χ1n) is 7.67. The molecule has 0 radical (unpaired) electrons. The maximum atomic E-state index is 12.3. The maximum Gasteiger partial charge on any atom is 0.242 e. The van der Waals surface area contributed by atoms with Crippen LogP contribution in [0.4, 0.5) is 0 Å². The molecule has 0 aliphatic carbocycles. The summed E-state index contributed by atoms with van der Waals surface area (Å²) in [5.41, 5.74) is 2.30. The number of rotatable bonds is 6. The summed E-state index contributed by atoms with van der Waals surface area (Å²) in [4.78, 5) is 12.3. The lowest BCUT2D eigenvalue weighted by Crippen LogP contribution is -2.32. The molecule has 1 N–H and O–H groups in total. The number of hydrogen-bond donors (Lipinski definition) is 1. The van der Waals surface area contributed by atoms with Crippen LogP contribution in [0.3, 0.4) is 0 Å². The average Bonchev–Trinajstić information content (AvgIpc) is 3.09. The van der Waals surface area contributed by atoms with Gasteiger partial charge in [0.05, 0.1) is 6.04 Å². The topological polar surface area (TPSA) is 46.9 Å². The number of carbonyl (C=O) groups excluding carboxylic acids is 1. The molecule has 3 aromatic rings. The zero-order valence-corrected chi connectivity index (χ0v) is 12.8. The van der Waals surface area contributed by atoms with Gasteiger partial charge < -0.3 is 5.32 Å². The maximum absolute atomic E-state index is 12.3. The molecule has 1 atom stereocenters. The molecule has 0 saturated carbocycles. The van der Waals surface area contributed by atoms with Gasteiger partial charge in [0, 0.05) is 12.4 Å². The van der Waals surface area contributed by atoms with Crippen LogP contribution in [0.5, 0.6) is 0 Å². The van der Waals surface area contributed by atoms with E-state index in [-0.39, 0.29) is 18.5 Å². The minimum absolute atomic E-state index is 0.0431. The molecule has 116 valence electrons. The fraction of sp³-hybridized carbons (Fsp3) is 0.158. The largest absolute Gasteiger partial charge is 0.347 e. The Labute approximate surface area is 135 Å². The highest BCUT2D eigenvalue weighted by molar-refractivity contribution is 5.76. The number of benzene rings is 2. The van der Waals surface area contributed by atoms with Gasteiger partial charge in [-0.15, -0.1) is 0 Å². The predicted molar refractivity (Wildman–Crippen MR) is 89.7 cm³/mol. The lowest BCUT2D eigenvalue weighted by Gasteiger charge is -2.19. The van der Waals surface area contributed by atoms with Gasteiger partial charge in [-0.3, -0.25) is 9.48 Å². The van der Waals surface area contributed by atoms with Crippen molar-refractivity contribution >= 4 is 5.91 Å². The SMILES string of the molecule is O=C(Cn1cccn1)N[C@@H](Cc1ccccc1)c1ccccc1. The molecule has 1 amide bonds. The summed E-state index contributed by atoms with van der Waals surface area (Å²) in [7, 11) is 0. The number of carbonyl (C=O) groups is 1. The Morgan fingerprint density at radius 3 is 2.35 bits per heavy atom. The van der Waals surface area contributed by atoms with Crippen molar-refractivity contribution in [3.05, 3.63) is 90.3 Å². The minimum atomic E-state index is -0.0540. The standard InChI is InChI=1S/C19H19N3O/c23-19(15-22-13-7-12-20-22)21-18(17-10-5-2-6-11-17)14-16-8-3-1-4-9-16/h1-13,18H,14-15H2,(H,21,23)/t18-/m0/s1. The van der Waals surface area contributed by atoms with E-state index >= 15 is 0 Å². The molecule has 1 heterocycles. The number of aromatic nitrogens is 2. The molecule has 4 heteroatoms. The van der Waals surface area contributed by atoms with Gasteiger partial charge in [0.25, 0.3) is 0 Å². The molecule has 1 aromatic heterocycles. The predicted octanol–water partition coefficient (Wildman–Crippen LogP) is 2.98. The fourth-order valence-electron chi connectivity index (χ4n) is 2.57. The molecule has 0 aliphatic heterocycles. The van der Waals surface area contributed by atoms with Crippen molar-refractivity contribution in [2.45, 2.75) is 19.0 Å². The third-order valence-electron chi connectivity index (χ3n) is 3.68. The molecule has 0 aliphatic rings. The Morgan fingerprint density at radius 2 is 1.70 bits per heavy atom. The second-order valence-corrected chi connectivity index (χ2v) is 5.42. The zero-order chi connectivity index (χ0) is 15.9. The van der Waals surface area contributed by atoms with Crippen molar-refractivity contribution in [2.75, 3.05) is 0 Å². The summed E-state index contributed by atoms with van der Waals surface area (Å²) in [5.74, 6) is -0.0431. The third-order valence-corrected chi connectivity index (χ3v) is 3.68. The number of nitrogens with zero attached hydrogens (tertiary/aromatic N) is 2. The lowest BCUT2D eigenvalue weighted by molar-refractivity contribution is -0.122. The Kier molecular flexibility index (Phi) is 4.84. The lowest BCUT2D eigenvalue weighted by atomic mass is 9.99. The summed E-state index contributed by atoms with van der Waals surface area (Å²) in [6, 6.07) is 22.0. The molecular weight excluding hydrogens is 286 g/mol. The Bertz CT molecular complexity index is 724. The van der Waals surface area contributed by atoms with E-state index in [2.05, 4.69) is 22.5 Å². The van der Waals surface area contributed by atoms with Crippen LogP contribution in [0.25, 0.3) is 0 Å². The number of hydrogen-bond acceptors (Lipinski definition) is 2. The van der Waals surface area contributed by atoms with E-state index in [9.17, 15) is 4.79 Å². The summed E-state index contributed by atoms with van der Waals surface area (Å²) >= 11 is 0. The van der Waals surface area contributed by atoms with Crippen LogP contribution in [0, 0.1) is 0 Å². The van der Waals surface area contributed by atoms with Gasteiger partial charge in [-0.25, -0.2) is 0 Å². The zero-order valence-electron chi connectivity index (χ0n) is 12.8. The van der Waals surface area contributed by atoms with Gasteiger partial charge in [-0.1, -0.05) is 60.7 Å². The van der Waals surface area contributed by atoms with E-state index in [1.165, 1.54) is 5.56 Å². The van der Waals surface area contributed by atoms with E-state index in [1.807, 2.05) is 54.6 Å². The number of nitrogens with one attached hydrogen (secondary N) is 1. The van der Waals surface area contributed by atoms with Crippen LogP contribution in [0.2, 0.25) is 0 Å². The van der Waals surface area contributed by atoms with Gasteiger partial charge in [-0.05, 0) is 23.6 Å². The molecule has 0 spiro atoms. The van der Waals surface area contributed by atoms with Gasteiger partial charge in [0.1, 0.15) is 6.54 Å². The van der Waals surface area contributed by atoms with E-state index in [0.29, 0.717) is 0 Å². The molecule has 3 rings (SSSR count). The summed E-state index contributed by atoms with van der Waals surface area (Å²) in [5, 5.41) is 7.20. The smallest absolute Gasteiger partial charge is 0.242 e. The Morgan fingerprint density at radius 1 is 1.00 bits per heavy atom. The molecule has 2 aromatic carbocycles. The second-order valence-electron chi connectivity index (χ2n) is 5.42. The first-order valence-corrected chi connectivity index (χ1v) is 7.67. The van der Waals surface area contributed by atoms with Crippen molar-refractivity contribution in [1.82, 2.24) is 15.1 Å². The molecule has 0 unspecified atom stereocenters. The van der Waals surface area contributed by atoms with Gasteiger partial charge >= 0.3 is 0 Å². The van der Waals surface area contributed by atoms with Crippen LogP contribution >= 0.6 is 0 Å². The van der Waals surface area contributed by atoms with Gasteiger partial charge in [0.15, 0.2) is 0 Å². The third kappa shape index (κ3) is 4.30. The van der Waals surface area contributed by atoms with Crippen LogP contribution < -0.4 is 5.32 Å². The van der Waals surface area contributed by atoms with Gasteiger partial charge in [-0.2, -0.15) is 5.10 Å². The van der Waals surface area contributed by atoms with Crippen molar-refractivity contribution in [3.8, 4) is 0 Å². The highest BCUT2D eigenvalue weighted by Gasteiger charge is 2.15. The summed E-state index contributed by atoms with van der Waals surface area (Å²) in [6.45, 7) is 0.227. The molecule has 4 nitrogen and oxygen atoms in total. The van der Waals surface area contributed by atoms with Crippen molar-refractivity contribution in [2.24, 2.45) is 0 Å². The Balaban J connectivity index is 1.73. The molecule has 23 heavy (non-hydrogen) atoms. The summed E-state index contributed by atoms with van der Waals surface area (Å²) < 4.78 is 1.62.